The molecule has 0 aliphatic carbocycles. The topological polar surface area (TPSA) is 102 Å². The first-order valence-corrected chi connectivity index (χ1v) is 9.94. The van der Waals surface area contributed by atoms with Crippen LogP contribution in [0.25, 0.3) is 11.2 Å². The molecular weight excluding hydrogens is 402 g/mol. The molecule has 2 aromatic heterocycles. The van der Waals surface area contributed by atoms with Gasteiger partial charge in [-0.25, -0.2) is 9.97 Å². The van der Waals surface area contributed by atoms with Crippen LogP contribution in [0.4, 0.5) is 0 Å². The summed E-state index contributed by atoms with van der Waals surface area (Å²) in [5.74, 6) is 1.91. The number of fused-ring (bicyclic) bond motifs is 1. The van der Waals surface area contributed by atoms with Gasteiger partial charge in [-0.3, -0.25) is 4.79 Å². The highest BCUT2D eigenvalue weighted by atomic mass is 35.5. The summed E-state index contributed by atoms with van der Waals surface area (Å²) in [6, 6.07) is 5.73. The van der Waals surface area contributed by atoms with Crippen molar-refractivity contribution in [2.24, 2.45) is 0 Å². The summed E-state index contributed by atoms with van der Waals surface area (Å²) in [7, 11) is 3.20. The molecule has 0 radical (unpaired) electrons. The normalized spacial score (nSPS) is 10.8. The number of hydrogen-bond acceptors (Lipinski definition) is 7. The standard InChI is InChI=1S/C18H20ClN5O3S/c1-26-12-4-3-11(9-13(12)27-2)5-7-20-14(25)6-8-28-17-15-16(22-10-21-15)23-18(19)24-17/h3-4,9-10H,5-8H2,1-2H3,(H,20,25)(H,21,22,23,24). The number of hydrogen-bond donors (Lipinski definition) is 2. The number of rotatable bonds is 9. The van der Waals surface area contributed by atoms with Crippen LogP contribution in [-0.2, 0) is 11.2 Å². The van der Waals surface area contributed by atoms with Gasteiger partial charge in [-0.2, -0.15) is 4.98 Å². The average Bonchev–Trinajstić information content (AvgIpc) is 3.16. The molecule has 8 nitrogen and oxygen atoms in total. The van der Waals surface area contributed by atoms with Crippen LogP contribution >= 0.6 is 23.4 Å². The molecule has 1 aromatic carbocycles. The van der Waals surface area contributed by atoms with Crippen molar-refractivity contribution in [1.29, 1.82) is 0 Å². The van der Waals surface area contributed by atoms with Gasteiger partial charge in [-0.15, -0.1) is 11.8 Å². The lowest BCUT2D eigenvalue weighted by atomic mass is 10.1. The van der Waals surface area contributed by atoms with Gasteiger partial charge in [0.05, 0.1) is 20.5 Å². The Hall–Kier alpha value is -2.52. The number of ether oxygens (including phenoxy) is 2. The molecular formula is C18H20ClN5O3S. The molecule has 10 heteroatoms. The summed E-state index contributed by atoms with van der Waals surface area (Å²) in [5.41, 5.74) is 2.30. The lowest BCUT2D eigenvalue weighted by Gasteiger charge is -2.10. The Balaban J connectivity index is 1.44. The summed E-state index contributed by atoms with van der Waals surface area (Å²) in [5, 5.41) is 3.75. The van der Waals surface area contributed by atoms with Crippen molar-refractivity contribution in [3.63, 3.8) is 0 Å². The zero-order valence-corrected chi connectivity index (χ0v) is 17.1. The van der Waals surface area contributed by atoms with E-state index >= 15 is 0 Å². The second-order valence-corrected chi connectivity index (χ2v) is 7.21. The van der Waals surface area contributed by atoms with Gasteiger partial charge in [-0.1, -0.05) is 6.07 Å². The van der Waals surface area contributed by atoms with Crippen LogP contribution in [0.1, 0.15) is 12.0 Å². The molecule has 3 rings (SSSR count). The Morgan fingerprint density at radius 1 is 1.25 bits per heavy atom. The number of benzene rings is 1. The predicted octanol–water partition coefficient (Wildman–Crippen LogP) is 2.86. The third kappa shape index (κ3) is 5.05. The third-order valence-corrected chi connectivity index (χ3v) is 5.12. The molecule has 2 N–H and O–H groups in total. The van der Waals surface area contributed by atoms with Gasteiger partial charge in [0.25, 0.3) is 0 Å². The molecule has 28 heavy (non-hydrogen) atoms. The lowest BCUT2D eigenvalue weighted by Crippen LogP contribution is -2.25. The van der Waals surface area contributed by atoms with Crippen LogP contribution in [0.5, 0.6) is 11.5 Å². The van der Waals surface area contributed by atoms with Gasteiger partial charge in [0.15, 0.2) is 17.1 Å². The molecule has 0 unspecified atom stereocenters. The van der Waals surface area contributed by atoms with Crippen molar-refractivity contribution in [3.8, 4) is 11.5 Å². The zero-order chi connectivity index (χ0) is 19.9. The number of imidazole rings is 1. The number of methoxy groups -OCH3 is 2. The fraction of sp³-hybridized carbons (Fsp3) is 0.333. The molecule has 0 atom stereocenters. The van der Waals surface area contributed by atoms with Gasteiger partial charge in [0.1, 0.15) is 10.5 Å². The maximum atomic E-state index is 12.1. The number of thioether (sulfide) groups is 1. The van der Waals surface area contributed by atoms with Crippen LogP contribution in [0, 0.1) is 0 Å². The Kier molecular flexibility index (Phi) is 6.94. The van der Waals surface area contributed by atoms with Crippen molar-refractivity contribution < 1.29 is 14.3 Å². The van der Waals surface area contributed by atoms with E-state index in [2.05, 4.69) is 25.3 Å². The van der Waals surface area contributed by atoms with Gasteiger partial charge in [-0.05, 0) is 35.7 Å². The average molecular weight is 422 g/mol. The minimum atomic E-state index is -0.0195. The number of amides is 1. The quantitative estimate of drug-likeness (QED) is 0.311. The number of H-pyrrole nitrogens is 1. The first kappa shape index (κ1) is 20.2. The van der Waals surface area contributed by atoms with Crippen molar-refractivity contribution in [3.05, 3.63) is 35.4 Å². The minimum absolute atomic E-state index is 0.0195. The van der Waals surface area contributed by atoms with Crippen LogP contribution < -0.4 is 14.8 Å². The van der Waals surface area contributed by atoms with Crippen LogP contribution in [0.3, 0.4) is 0 Å². The molecule has 0 saturated heterocycles. The molecule has 0 aliphatic heterocycles. The van der Waals surface area contributed by atoms with E-state index in [-0.39, 0.29) is 11.2 Å². The number of nitrogens with one attached hydrogen (secondary N) is 2. The number of carbonyl (C=O) groups excluding carboxylic acids is 1. The SMILES string of the molecule is COc1ccc(CCNC(=O)CCSc2nc(Cl)nc3nc[nH]c23)cc1OC. The number of carbonyl (C=O) groups is 1. The van der Waals surface area contributed by atoms with E-state index < -0.39 is 0 Å². The molecule has 0 aliphatic rings. The van der Waals surface area contributed by atoms with Crippen LogP contribution in [0.2, 0.25) is 5.28 Å². The number of aromatic nitrogens is 4. The lowest BCUT2D eigenvalue weighted by molar-refractivity contribution is -0.120. The number of nitrogens with zero attached hydrogens (tertiary/aromatic N) is 3. The van der Waals surface area contributed by atoms with Gasteiger partial charge in [0.2, 0.25) is 11.2 Å². The molecule has 0 spiro atoms. The number of aromatic amines is 1. The van der Waals surface area contributed by atoms with Gasteiger partial charge >= 0.3 is 0 Å². The van der Waals surface area contributed by atoms with Gasteiger partial charge < -0.3 is 19.8 Å². The van der Waals surface area contributed by atoms with Crippen molar-refractivity contribution in [2.75, 3.05) is 26.5 Å². The largest absolute Gasteiger partial charge is 0.493 e. The van der Waals surface area contributed by atoms with E-state index in [4.69, 9.17) is 21.1 Å². The van der Waals surface area contributed by atoms with Crippen molar-refractivity contribution in [1.82, 2.24) is 25.3 Å². The first-order chi connectivity index (χ1) is 13.6. The second kappa shape index (κ2) is 9.61. The van der Waals surface area contributed by atoms with E-state index in [1.807, 2.05) is 18.2 Å². The van der Waals surface area contributed by atoms with Crippen molar-refractivity contribution >= 4 is 40.4 Å². The third-order valence-electron chi connectivity index (χ3n) is 3.98. The number of halogens is 1. The van der Waals surface area contributed by atoms with E-state index in [0.717, 1.165) is 11.1 Å². The highest BCUT2D eigenvalue weighted by Gasteiger charge is 2.11. The summed E-state index contributed by atoms with van der Waals surface area (Å²) >= 11 is 7.34. The Labute approximate surface area is 171 Å². The highest BCUT2D eigenvalue weighted by molar-refractivity contribution is 7.99. The van der Waals surface area contributed by atoms with Crippen LogP contribution in [-0.4, -0.2) is 52.4 Å². The summed E-state index contributed by atoms with van der Waals surface area (Å²) in [6.07, 6.45) is 2.62. The summed E-state index contributed by atoms with van der Waals surface area (Å²) in [6.45, 7) is 0.545. The summed E-state index contributed by atoms with van der Waals surface area (Å²) in [4.78, 5) is 27.4. The predicted molar refractivity (Wildman–Crippen MR) is 108 cm³/mol. The second-order valence-electron chi connectivity index (χ2n) is 5.79. The Bertz CT molecular complexity index is 966. The highest BCUT2D eigenvalue weighted by Crippen LogP contribution is 2.27. The molecule has 1 amide bonds. The van der Waals surface area contributed by atoms with Crippen molar-refractivity contribution in [2.45, 2.75) is 17.9 Å². The molecule has 0 fully saturated rings. The van der Waals surface area contributed by atoms with E-state index in [1.165, 1.54) is 11.8 Å². The van der Waals surface area contributed by atoms with Crippen LogP contribution in [0.15, 0.2) is 29.6 Å². The Morgan fingerprint density at radius 3 is 2.86 bits per heavy atom. The maximum absolute atomic E-state index is 12.1. The molecule has 0 saturated carbocycles. The van der Waals surface area contributed by atoms with Gasteiger partial charge in [0, 0.05) is 18.7 Å². The maximum Gasteiger partial charge on any atom is 0.225 e. The Morgan fingerprint density at radius 2 is 2.07 bits per heavy atom. The van der Waals surface area contributed by atoms with E-state index in [1.54, 1.807) is 20.5 Å². The minimum Gasteiger partial charge on any atom is -0.493 e. The molecule has 2 heterocycles. The summed E-state index contributed by atoms with van der Waals surface area (Å²) < 4.78 is 10.5. The molecule has 3 aromatic rings. The monoisotopic (exact) mass is 421 g/mol. The fourth-order valence-electron chi connectivity index (χ4n) is 2.60. The first-order valence-electron chi connectivity index (χ1n) is 8.57. The van der Waals surface area contributed by atoms with E-state index in [9.17, 15) is 4.79 Å². The van der Waals surface area contributed by atoms with E-state index in [0.29, 0.717) is 47.3 Å². The molecule has 148 valence electrons. The fourth-order valence-corrected chi connectivity index (χ4v) is 3.74. The zero-order valence-electron chi connectivity index (χ0n) is 15.5. The smallest absolute Gasteiger partial charge is 0.225 e. The molecule has 0 bridgehead atoms.